The van der Waals surface area contributed by atoms with Crippen LogP contribution in [0.15, 0.2) is 42.5 Å². The fourth-order valence-electron chi connectivity index (χ4n) is 3.08. The van der Waals surface area contributed by atoms with Crippen LogP contribution in [0.2, 0.25) is 0 Å². The molecule has 0 saturated heterocycles. The molecule has 2 aromatic carbocycles. The Morgan fingerprint density at radius 1 is 1.10 bits per heavy atom. The van der Waals surface area contributed by atoms with E-state index in [9.17, 15) is 0 Å². The van der Waals surface area contributed by atoms with E-state index in [-0.39, 0.29) is 5.60 Å². The maximum absolute atomic E-state index is 6.49. The first-order valence-electron chi connectivity index (χ1n) is 8.09. The van der Waals surface area contributed by atoms with Crippen molar-refractivity contribution in [1.82, 2.24) is 5.32 Å². The summed E-state index contributed by atoms with van der Waals surface area (Å²) in [7, 11) is 0. The Morgan fingerprint density at radius 2 is 1.86 bits per heavy atom. The molecule has 112 valence electrons. The van der Waals surface area contributed by atoms with Crippen LogP contribution < -0.4 is 10.1 Å². The Bertz CT molecular complexity index is 596. The summed E-state index contributed by atoms with van der Waals surface area (Å²) in [6, 6.07) is 15.4. The predicted molar refractivity (Wildman–Crippen MR) is 88.9 cm³/mol. The van der Waals surface area contributed by atoms with Crippen LogP contribution in [0.4, 0.5) is 0 Å². The number of nitrogens with one attached hydrogen (secondary N) is 1. The highest BCUT2D eigenvalue weighted by molar-refractivity contribution is 5.88. The molecule has 1 N–H and O–H groups in total. The molecule has 0 aromatic heterocycles. The van der Waals surface area contributed by atoms with Gasteiger partial charge in [-0.25, -0.2) is 0 Å². The number of ether oxygens (including phenoxy) is 1. The first kappa shape index (κ1) is 14.4. The van der Waals surface area contributed by atoms with Gasteiger partial charge in [0, 0.05) is 11.4 Å². The minimum Gasteiger partial charge on any atom is -0.487 e. The molecule has 0 bridgehead atoms. The Labute approximate surface area is 127 Å². The zero-order chi connectivity index (χ0) is 14.7. The van der Waals surface area contributed by atoms with Gasteiger partial charge < -0.3 is 10.1 Å². The smallest absolute Gasteiger partial charge is 0.127 e. The third-order valence-corrected chi connectivity index (χ3v) is 4.47. The van der Waals surface area contributed by atoms with Crippen molar-refractivity contribution in [3.8, 4) is 5.75 Å². The van der Waals surface area contributed by atoms with Crippen molar-refractivity contribution in [3.63, 3.8) is 0 Å². The first-order chi connectivity index (χ1) is 10.2. The van der Waals surface area contributed by atoms with Crippen molar-refractivity contribution in [1.29, 1.82) is 0 Å². The van der Waals surface area contributed by atoms with Crippen molar-refractivity contribution in [2.24, 2.45) is 0 Å². The van der Waals surface area contributed by atoms with Gasteiger partial charge in [-0.3, -0.25) is 0 Å². The minimum atomic E-state index is 0.0476. The summed E-state index contributed by atoms with van der Waals surface area (Å²) in [6.07, 6.45) is 4.73. The van der Waals surface area contributed by atoms with Crippen LogP contribution in [-0.2, 0) is 0 Å². The molecular weight excluding hydrogens is 258 g/mol. The van der Waals surface area contributed by atoms with Crippen LogP contribution in [0.25, 0.3) is 10.8 Å². The van der Waals surface area contributed by atoms with Gasteiger partial charge in [-0.15, -0.1) is 0 Å². The zero-order valence-corrected chi connectivity index (χ0v) is 13.1. The van der Waals surface area contributed by atoms with Crippen molar-refractivity contribution in [3.05, 3.63) is 42.5 Å². The lowest BCUT2D eigenvalue weighted by Gasteiger charge is -2.42. The SMILES string of the molecule is CC(C)NCCC1(Oc2cccc3ccccc23)CCC1. The lowest BCUT2D eigenvalue weighted by molar-refractivity contribution is -0.0132. The van der Waals surface area contributed by atoms with Gasteiger partial charge in [0.25, 0.3) is 0 Å². The van der Waals surface area contributed by atoms with Crippen molar-refractivity contribution in [2.45, 2.75) is 51.2 Å². The van der Waals surface area contributed by atoms with E-state index in [4.69, 9.17) is 4.74 Å². The molecule has 1 aliphatic carbocycles. The summed E-state index contributed by atoms with van der Waals surface area (Å²) in [4.78, 5) is 0. The second-order valence-electron chi connectivity index (χ2n) is 6.47. The number of hydrogen-bond donors (Lipinski definition) is 1. The lowest BCUT2D eigenvalue weighted by Crippen LogP contribution is -2.46. The predicted octanol–water partition coefficient (Wildman–Crippen LogP) is 4.53. The van der Waals surface area contributed by atoms with Crippen LogP contribution >= 0.6 is 0 Å². The molecule has 1 saturated carbocycles. The summed E-state index contributed by atoms with van der Waals surface area (Å²) in [6.45, 7) is 5.42. The van der Waals surface area contributed by atoms with E-state index in [1.54, 1.807) is 0 Å². The van der Waals surface area contributed by atoms with E-state index >= 15 is 0 Å². The molecule has 1 aliphatic rings. The zero-order valence-electron chi connectivity index (χ0n) is 13.1. The Kier molecular flexibility index (Phi) is 4.16. The van der Waals surface area contributed by atoms with Crippen molar-refractivity contribution in [2.75, 3.05) is 6.54 Å². The number of hydrogen-bond acceptors (Lipinski definition) is 2. The van der Waals surface area contributed by atoms with Crippen molar-refractivity contribution >= 4 is 10.8 Å². The van der Waals surface area contributed by atoms with Gasteiger partial charge in [-0.2, -0.15) is 0 Å². The molecule has 0 unspecified atom stereocenters. The van der Waals surface area contributed by atoms with E-state index in [1.165, 1.54) is 30.0 Å². The van der Waals surface area contributed by atoms with Gasteiger partial charge in [0.1, 0.15) is 11.4 Å². The number of fused-ring (bicyclic) bond motifs is 1. The lowest BCUT2D eigenvalue weighted by atomic mass is 9.77. The molecule has 0 atom stereocenters. The molecule has 0 spiro atoms. The highest BCUT2D eigenvalue weighted by atomic mass is 16.5. The summed E-state index contributed by atoms with van der Waals surface area (Å²) in [5.74, 6) is 1.04. The standard InChI is InChI=1S/C19H25NO/c1-15(2)20-14-13-19(11-6-12-19)21-18-10-5-8-16-7-3-4-9-17(16)18/h3-5,7-10,15,20H,6,11-14H2,1-2H3. The molecule has 0 heterocycles. The van der Waals surface area contributed by atoms with Crippen LogP contribution in [0.3, 0.4) is 0 Å². The van der Waals surface area contributed by atoms with Gasteiger partial charge in [-0.1, -0.05) is 50.2 Å². The third-order valence-electron chi connectivity index (χ3n) is 4.47. The van der Waals surface area contributed by atoms with Crippen LogP contribution in [0.1, 0.15) is 39.5 Å². The quantitative estimate of drug-likeness (QED) is 0.841. The Morgan fingerprint density at radius 3 is 2.57 bits per heavy atom. The molecule has 0 radical (unpaired) electrons. The summed E-state index contributed by atoms with van der Waals surface area (Å²) in [5.41, 5.74) is 0.0476. The monoisotopic (exact) mass is 283 g/mol. The molecule has 3 rings (SSSR count). The Balaban J connectivity index is 1.76. The normalized spacial score (nSPS) is 16.9. The van der Waals surface area contributed by atoms with Crippen LogP contribution in [0, 0.1) is 0 Å². The third kappa shape index (κ3) is 3.21. The second kappa shape index (κ2) is 6.07. The minimum absolute atomic E-state index is 0.0476. The molecule has 2 heteroatoms. The molecule has 0 aliphatic heterocycles. The van der Waals surface area contributed by atoms with E-state index in [0.29, 0.717) is 6.04 Å². The van der Waals surface area contributed by atoms with Crippen LogP contribution in [-0.4, -0.2) is 18.2 Å². The van der Waals surface area contributed by atoms with Crippen molar-refractivity contribution < 1.29 is 4.74 Å². The average molecular weight is 283 g/mol. The summed E-state index contributed by atoms with van der Waals surface area (Å²) in [5, 5.41) is 5.99. The fraction of sp³-hybridized carbons (Fsp3) is 0.474. The molecular formula is C19H25NO. The largest absolute Gasteiger partial charge is 0.487 e. The first-order valence-corrected chi connectivity index (χ1v) is 8.09. The highest BCUT2D eigenvalue weighted by Gasteiger charge is 2.39. The number of rotatable bonds is 6. The molecule has 2 nitrogen and oxygen atoms in total. The van der Waals surface area contributed by atoms with E-state index in [2.05, 4.69) is 61.6 Å². The summed E-state index contributed by atoms with van der Waals surface area (Å²) >= 11 is 0. The molecule has 2 aromatic rings. The van der Waals surface area contributed by atoms with Gasteiger partial charge >= 0.3 is 0 Å². The van der Waals surface area contributed by atoms with Gasteiger partial charge in [0.2, 0.25) is 0 Å². The van der Waals surface area contributed by atoms with E-state index in [0.717, 1.165) is 18.7 Å². The van der Waals surface area contributed by atoms with Gasteiger partial charge in [-0.05, 0) is 43.7 Å². The highest BCUT2D eigenvalue weighted by Crippen LogP contribution is 2.41. The van der Waals surface area contributed by atoms with E-state index in [1.807, 2.05) is 0 Å². The maximum Gasteiger partial charge on any atom is 0.127 e. The summed E-state index contributed by atoms with van der Waals surface area (Å²) < 4.78 is 6.49. The second-order valence-corrected chi connectivity index (χ2v) is 6.47. The van der Waals surface area contributed by atoms with Gasteiger partial charge in [0.05, 0.1) is 0 Å². The topological polar surface area (TPSA) is 21.3 Å². The molecule has 21 heavy (non-hydrogen) atoms. The van der Waals surface area contributed by atoms with E-state index < -0.39 is 0 Å². The number of benzene rings is 2. The fourth-order valence-corrected chi connectivity index (χ4v) is 3.08. The molecule has 0 amide bonds. The van der Waals surface area contributed by atoms with Crippen LogP contribution in [0.5, 0.6) is 5.75 Å². The molecule has 1 fully saturated rings. The average Bonchev–Trinajstić information content (AvgIpc) is 2.44. The van der Waals surface area contributed by atoms with Gasteiger partial charge in [0.15, 0.2) is 0 Å². The maximum atomic E-state index is 6.49. The Hall–Kier alpha value is -1.54.